The van der Waals surface area contributed by atoms with Crippen LogP contribution >= 0.6 is 11.3 Å². The van der Waals surface area contributed by atoms with Crippen molar-refractivity contribution in [1.29, 1.82) is 0 Å². The second-order valence-corrected chi connectivity index (χ2v) is 9.03. The molecule has 28 heavy (non-hydrogen) atoms. The number of likely N-dealkylation sites (tertiary alicyclic amines) is 1. The van der Waals surface area contributed by atoms with Gasteiger partial charge in [-0.2, -0.15) is 0 Å². The lowest BCUT2D eigenvalue weighted by Crippen LogP contribution is -2.47. The average Bonchev–Trinajstić information content (AvgIpc) is 3.37. The zero-order valence-electron chi connectivity index (χ0n) is 16.3. The van der Waals surface area contributed by atoms with E-state index in [1.165, 1.54) is 15.4 Å². The standard InChI is InChI=1S/C22H26N4OS/c1-16-19-8-5-10-24(19)12-13-25(16)15-21(27)26-11-4-6-17(14-26)22-23-18-7-2-3-9-20(18)28-22/h2-3,5,7-10,16-17H,4,6,11-15H2,1H3/t16-,17-/m0/s1. The van der Waals surface area contributed by atoms with E-state index < -0.39 is 0 Å². The molecule has 0 spiro atoms. The van der Waals surface area contributed by atoms with E-state index in [0.717, 1.165) is 44.5 Å². The third kappa shape index (κ3) is 3.25. The van der Waals surface area contributed by atoms with Gasteiger partial charge >= 0.3 is 0 Å². The summed E-state index contributed by atoms with van der Waals surface area (Å²) in [7, 11) is 0. The van der Waals surface area contributed by atoms with E-state index in [9.17, 15) is 4.79 Å². The number of piperidine rings is 1. The molecule has 3 aromatic rings. The largest absolute Gasteiger partial charge is 0.349 e. The Kier molecular flexibility index (Phi) is 4.69. The number of hydrogen-bond donors (Lipinski definition) is 0. The predicted octanol–water partition coefficient (Wildman–Crippen LogP) is 3.88. The zero-order chi connectivity index (χ0) is 19.1. The highest BCUT2D eigenvalue weighted by atomic mass is 32.1. The van der Waals surface area contributed by atoms with Crippen molar-refractivity contribution in [2.24, 2.45) is 0 Å². The summed E-state index contributed by atoms with van der Waals surface area (Å²) in [5.74, 6) is 0.628. The minimum absolute atomic E-state index is 0.262. The molecule has 0 unspecified atom stereocenters. The number of thiazole rings is 1. The summed E-state index contributed by atoms with van der Waals surface area (Å²) in [6, 6.07) is 12.9. The van der Waals surface area contributed by atoms with Crippen molar-refractivity contribution in [2.45, 2.75) is 38.3 Å². The van der Waals surface area contributed by atoms with Gasteiger partial charge in [0, 0.05) is 50.0 Å². The van der Waals surface area contributed by atoms with E-state index >= 15 is 0 Å². The molecule has 5 nitrogen and oxygen atoms in total. The van der Waals surface area contributed by atoms with Crippen LogP contribution in [0, 0.1) is 0 Å². The number of carbonyl (C=O) groups is 1. The summed E-state index contributed by atoms with van der Waals surface area (Å²) in [4.78, 5) is 22.3. The highest BCUT2D eigenvalue weighted by Crippen LogP contribution is 2.33. The second-order valence-electron chi connectivity index (χ2n) is 7.97. The van der Waals surface area contributed by atoms with Crippen molar-refractivity contribution < 1.29 is 4.79 Å². The molecule has 0 N–H and O–H groups in total. The molecule has 2 aliphatic rings. The van der Waals surface area contributed by atoms with Gasteiger partial charge in [-0.25, -0.2) is 4.98 Å². The molecule has 2 aliphatic heterocycles. The molecule has 5 rings (SSSR count). The molecule has 4 heterocycles. The summed E-state index contributed by atoms with van der Waals surface area (Å²) in [5, 5.41) is 1.18. The molecular formula is C22H26N4OS. The summed E-state index contributed by atoms with van der Waals surface area (Å²) in [5.41, 5.74) is 2.39. The van der Waals surface area contributed by atoms with Gasteiger partial charge in [-0.15, -0.1) is 11.3 Å². The molecule has 6 heteroatoms. The first-order valence-electron chi connectivity index (χ1n) is 10.2. The molecule has 0 aliphatic carbocycles. The monoisotopic (exact) mass is 394 g/mol. The molecular weight excluding hydrogens is 368 g/mol. The Balaban J connectivity index is 1.26. The molecule has 1 saturated heterocycles. The molecule has 1 aromatic carbocycles. The normalized spacial score (nSPS) is 23.1. The highest BCUT2D eigenvalue weighted by Gasteiger charge is 2.30. The van der Waals surface area contributed by atoms with E-state index in [1.54, 1.807) is 11.3 Å². The summed E-state index contributed by atoms with van der Waals surface area (Å²) in [6.07, 6.45) is 4.32. The van der Waals surface area contributed by atoms with Crippen LogP contribution in [0.4, 0.5) is 0 Å². The SMILES string of the molecule is C[C@H]1c2cccn2CCN1CC(=O)N1CCC[C@H](c2nc3ccccc3s2)C1. The van der Waals surface area contributed by atoms with Gasteiger partial charge in [0.15, 0.2) is 0 Å². The third-order valence-electron chi connectivity index (χ3n) is 6.24. The Bertz CT molecular complexity index is 960. The Morgan fingerprint density at radius 1 is 1.18 bits per heavy atom. The maximum atomic E-state index is 13.1. The van der Waals surface area contributed by atoms with E-state index in [-0.39, 0.29) is 11.9 Å². The fourth-order valence-corrected chi connectivity index (χ4v) is 5.68. The van der Waals surface area contributed by atoms with Gasteiger partial charge in [-0.3, -0.25) is 9.69 Å². The van der Waals surface area contributed by atoms with Crippen molar-refractivity contribution in [3.05, 3.63) is 53.3 Å². The van der Waals surface area contributed by atoms with Gasteiger partial charge < -0.3 is 9.47 Å². The molecule has 0 saturated carbocycles. The summed E-state index contributed by atoms with van der Waals surface area (Å²) < 4.78 is 3.54. The summed E-state index contributed by atoms with van der Waals surface area (Å²) >= 11 is 1.78. The topological polar surface area (TPSA) is 41.4 Å². The van der Waals surface area contributed by atoms with Gasteiger partial charge in [0.2, 0.25) is 5.91 Å². The lowest BCUT2D eigenvalue weighted by atomic mass is 9.98. The Morgan fingerprint density at radius 2 is 2.07 bits per heavy atom. The van der Waals surface area contributed by atoms with Crippen LogP contribution in [0.15, 0.2) is 42.6 Å². The van der Waals surface area contributed by atoms with Crippen LogP contribution < -0.4 is 0 Å². The number of rotatable bonds is 3. The van der Waals surface area contributed by atoms with E-state index in [4.69, 9.17) is 4.98 Å². The van der Waals surface area contributed by atoms with Gasteiger partial charge in [-0.1, -0.05) is 12.1 Å². The fourth-order valence-electron chi connectivity index (χ4n) is 4.59. The predicted molar refractivity (Wildman–Crippen MR) is 113 cm³/mol. The molecule has 2 aromatic heterocycles. The number of fused-ring (bicyclic) bond motifs is 2. The van der Waals surface area contributed by atoms with Gasteiger partial charge in [0.1, 0.15) is 0 Å². The molecule has 2 atom stereocenters. The highest BCUT2D eigenvalue weighted by molar-refractivity contribution is 7.18. The van der Waals surface area contributed by atoms with Crippen molar-refractivity contribution >= 4 is 27.5 Å². The number of para-hydroxylation sites is 1. The quantitative estimate of drug-likeness (QED) is 0.677. The van der Waals surface area contributed by atoms with Crippen molar-refractivity contribution in [3.63, 3.8) is 0 Å². The number of nitrogens with zero attached hydrogens (tertiary/aromatic N) is 4. The van der Waals surface area contributed by atoms with Crippen LogP contribution in [-0.4, -0.2) is 51.4 Å². The van der Waals surface area contributed by atoms with Crippen molar-refractivity contribution in [3.8, 4) is 0 Å². The maximum Gasteiger partial charge on any atom is 0.236 e. The minimum atomic E-state index is 0.262. The number of carbonyl (C=O) groups excluding carboxylic acids is 1. The van der Waals surface area contributed by atoms with Crippen LogP contribution in [0.3, 0.4) is 0 Å². The number of aromatic nitrogens is 2. The Hall–Kier alpha value is -2.18. The number of amides is 1. The van der Waals surface area contributed by atoms with Crippen LogP contribution in [0.5, 0.6) is 0 Å². The maximum absolute atomic E-state index is 13.1. The van der Waals surface area contributed by atoms with E-state index in [2.05, 4.69) is 57.8 Å². The number of benzene rings is 1. The molecule has 0 bridgehead atoms. The zero-order valence-corrected chi connectivity index (χ0v) is 17.1. The molecule has 1 amide bonds. The summed E-state index contributed by atoms with van der Waals surface area (Å²) in [6.45, 7) is 6.30. The smallest absolute Gasteiger partial charge is 0.236 e. The minimum Gasteiger partial charge on any atom is -0.349 e. The first kappa shape index (κ1) is 17.9. The lowest BCUT2D eigenvalue weighted by Gasteiger charge is -2.37. The van der Waals surface area contributed by atoms with Crippen LogP contribution in [-0.2, 0) is 11.3 Å². The van der Waals surface area contributed by atoms with Crippen LogP contribution in [0.2, 0.25) is 0 Å². The van der Waals surface area contributed by atoms with E-state index in [0.29, 0.717) is 12.5 Å². The molecule has 146 valence electrons. The number of hydrogen-bond acceptors (Lipinski definition) is 4. The van der Waals surface area contributed by atoms with E-state index in [1.807, 2.05) is 6.07 Å². The molecule has 1 fully saturated rings. The van der Waals surface area contributed by atoms with Gasteiger partial charge in [0.05, 0.1) is 21.8 Å². The second kappa shape index (κ2) is 7.33. The Labute approximate surface area is 169 Å². The molecule has 0 radical (unpaired) electrons. The third-order valence-corrected chi connectivity index (χ3v) is 7.44. The van der Waals surface area contributed by atoms with Crippen molar-refractivity contribution in [1.82, 2.24) is 19.4 Å². The Morgan fingerprint density at radius 3 is 2.96 bits per heavy atom. The lowest BCUT2D eigenvalue weighted by molar-refractivity contribution is -0.134. The average molecular weight is 395 g/mol. The van der Waals surface area contributed by atoms with Gasteiger partial charge in [0.25, 0.3) is 0 Å². The first-order chi connectivity index (χ1) is 13.7. The van der Waals surface area contributed by atoms with Crippen LogP contribution in [0.25, 0.3) is 10.2 Å². The van der Waals surface area contributed by atoms with Gasteiger partial charge in [-0.05, 0) is 44.0 Å². The van der Waals surface area contributed by atoms with Crippen LogP contribution in [0.1, 0.15) is 42.4 Å². The fraction of sp³-hybridized carbons (Fsp3) is 0.455. The first-order valence-corrected chi connectivity index (χ1v) is 11.0. The van der Waals surface area contributed by atoms with Crippen molar-refractivity contribution in [2.75, 3.05) is 26.2 Å².